The highest BCUT2D eigenvalue weighted by Gasteiger charge is 2.21. The molecule has 1 aromatic rings. The highest BCUT2D eigenvalue weighted by Crippen LogP contribution is 2.16. The molecule has 7 heteroatoms. The summed E-state index contributed by atoms with van der Waals surface area (Å²) in [4.78, 5) is 38.4. The van der Waals surface area contributed by atoms with E-state index in [0.717, 1.165) is 11.1 Å². The quantitative estimate of drug-likeness (QED) is 0.725. The van der Waals surface area contributed by atoms with Crippen molar-refractivity contribution in [3.63, 3.8) is 0 Å². The molecule has 0 aliphatic carbocycles. The first kappa shape index (κ1) is 21.5. The Balaban J connectivity index is 2.91. The predicted molar refractivity (Wildman–Crippen MR) is 97.3 cm³/mol. The van der Waals surface area contributed by atoms with E-state index < -0.39 is 17.7 Å². The van der Waals surface area contributed by atoms with Crippen LogP contribution in [0.1, 0.15) is 38.8 Å². The Morgan fingerprint density at radius 3 is 2.04 bits per heavy atom. The molecular weight excluding hydrogens is 336 g/mol. The molecule has 0 aromatic heterocycles. The third kappa shape index (κ3) is 7.13. The van der Waals surface area contributed by atoms with Crippen molar-refractivity contribution in [1.82, 2.24) is 9.80 Å². The number of esters is 1. The number of nitrogens with zero attached hydrogens (tertiary/aromatic N) is 2. The minimum absolute atomic E-state index is 0.123. The van der Waals surface area contributed by atoms with Gasteiger partial charge in [0.15, 0.2) is 0 Å². The van der Waals surface area contributed by atoms with E-state index in [1.54, 1.807) is 7.05 Å². The van der Waals surface area contributed by atoms with Crippen LogP contribution in [0.2, 0.25) is 0 Å². The van der Waals surface area contributed by atoms with E-state index in [1.807, 2.05) is 45.0 Å². The van der Waals surface area contributed by atoms with Gasteiger partial charge in [-0.1, -0.05) is 24.3 Å². The third-order valence-corrected chi connectivity index (χ3v) is 3.59. The van der Waals surface area contributed by atoms with Crippen molar-refractivity contribution in [2.45, 2.75) is 46.4 Å². The van der Waals surface area contributed by atoms with Gasteiger partial charge in [0.05, 0.1) is 7.11 Å². The fourth-order valence-electron chi connectivity index (χ4n) is 2.23. The van der Waals surface area contributed by atoms with Gasteiger partial charge >= 0.3 is 12.1 Å². The van der Waals surface area contributed by atoms with Gasteiger partial charge in [-0.05, 0) is 31.9 Å². The van der Waals surface area contributed by atoms with Crippen LogP contribution in [0.25, 0.3) is 0 Å². The van der Waals surface area contributed by atoms with E-state index in [0.29, 0.717) is 6.54 Å². The zero-order chi connectivity index (χ0) is 19.9. The van der Waals surface area contributed by atoms with E-state index in [1.165, 1.54) is 23.8 Å². The second kappa shape index (κ2) is 9.22. The Hall–Kier alpha value is -2.57. The van der Waals surface area contributed by atoms with Crippen LogP contribution in [0.3, 0.4) is 0 Å². The van der Waals surface area contributed by atoms with Crippen molar-refractivity contribution in [3.8, 4) is 0 Å². The molecule has 0 saturated carbocycles. The summed E-state index contributed by atoms with van der Waals surface area (Å²) in [6.45, 7) is 7.29. The average Bonchev–Trinajstić information content (AvgIpc) is 2.53. The first-order valence-corrected chi connectivity index (χ1v) is 8.36. The van der Waals surface area contributed by atoms with Gasteiger partial charge in [-0.15, -0.1) is 0 Å². The Kier molecular flexibility index (Phi) is 7.61. The first-order chi connectivity index (χ1) is 12.0. The van der Waals surface area contributed by atoms with Crippen LogP contribution in [0.4, 0.5) is 4.79 Å². The highest BCUT2D eigenvalue weighted by molar-refractivity contribution is 5.80. The summed E-state index contributed by atoms with van der Waals surface area (Å²) in [6.07, 6.45) is -0.426. The molecule has 0 fully saturated rings. The van der Waals surface area contributed by atoms with Gasteiger partial charge in [-0.3, -0.25) is 9.59 Å². The predicted octanol–water partition coefficient (Wildman–Crippen LogP) is 2.58. The van der Waals surface area contributed by atoms with Crippen molar-refractivity contribution in [3.05, 3.63) is 35.4 Å². The maximum atomic E-state index is 12.2. The van der Waals surface area contributed by atoms with E-state index in [9.17, 15) is 14.4 Å². The summed E-state index contributed by atoms with van der Waals surface area (Å²) < 4.78 is 10.00. The van der Waals surface area contributed by atoms with Crippen LogP contribution in [0.15, 0.2) is 24.3 Å². The molecule has 0 unspecified atom stereocenters. The van der Waals surface area contributed by atoms with Crippen LogP contribution >= 0.6 is 0 Å². The van der Waals surface area contributed by atoms with Gasteiger partial charge in [-0.2, -0.15) is 0 Å². The van der Waals surface area contributed by atoms with Crippen molar-refractivity contribution in [1.29, 1.82) is 0 Å². The fraction of sp³-hybridized carbons (Fsp3) is 0.526. The molecule has 0 aliphatic heterocycles. The van der Waals surface area contributed by atoms with Crippen molar-refractivity contribution in [2.75, 3.05) is 20.7 Å². The molecule has 0 N–H and O–H groups in total. The number of carbonyl (C=O) groups is 3. The Morgan fingerprint density at radius 1 is 1.04 bits per heavy atom. The smallest absolute Gasteiger partial charge is 0.410 e. The summed E-state index contributed by atoms with van der Waals surface area (Å²) in [6, 6.07) is 7.46. The number of carbonyl (C=O) groups excluding carboxylic acids is 3. The van der Waals surface area contributed by atoms with E-state index in [-0.39, 0.29) is 19.0 Å². The lowest BCUT2D eigenvalue weighted by molar-refractivity contribution is -0.146. The second-order valence-electron chi connectivity index (χ2n) is 7.06. The molecule has 1 aromatic carbocycles. The molecule has 0 heterocycles. The zero-order valence-corrected chi connectivity index (χ0v) is 16.4. The highest BCUT2D eigenvalue weighted by atomic mass is 16.6. The van der Waals surface area contributed by atoms with Crippen molar-refractivity contribution < 1.29 is 23.9 Å². The number of hydrogen-bond acceptors (Lipinski definition) is 5. The molecule has 0 saturated heterocycles. The maximum absolute atomic E-state index is 12.2. The molecule has 7 nitrogen and oxygen atoms in total. The van der Waals surface area contributed by atoms with Crippen LogP contribution in [-0.2, 0) is 32.2 Å². The van der Waals surface area contributed by atoms with Gasteiger partial charge < -0.3 is 19.3 Å². The molecule has 0 bridgehead atoms. The largest absolute Gasteiger partial charge is 0.468 e. The van der Waals surface area contributed by atoms with Crippen LogP contribution in [0, 0.1) is 0 Å². The molecule has 0 radical (unpaired) electrons. The lowest BCUT2D eigenvalue weighted by atomic mass is 10.1. The first-order valence-electron chi connectivity index (χ1n) is 8.36. The SMILES string of the molecule is COC(=O)CN(Cc1ccccc1CN(C)C(=O)OC(C)(C)C)C(C)=O. The van der Waals surface area contributed by atoms with Crippen LogP contribution < -0.4 is 0 Å². The summed E-state index contributed by atoms with van der Waals surface area (Å²) >= 11 is 0. The Morgan fingerprint density at radius 2 is 1.58 bits per heavy atom. The Bertz CT molecular complexity index is 652. The normalized spacial score (nSPS) is 10.8. The molecule has 144 valence electrons. The summed E-state index contributed by atoms with van der Waals surface area (Å²) in [7, 11) is 2.94. The minimum Gasteiger partial charge on any atom is -0.468 e. The minimum atomic E-state index is -0.573. The van der Waals surface area contributed by atoms with E-state index >= 15 is 0 Å². The zero-order valence-electron chi connectivity index (χ0n) is 16.4. The van der Waals surface area contributed by atoms with Gasteiger partial charge in [0.2, 0.25) is 5.91 Å². The summed E-state index contributed by atoms with van der Waals surface area (Å²) in [5, 5.41) is 0. The number of rotatable bonds is 6. The van der Waals surface area contributed by atoms with E-state index in [4.69, 9.17) is 4.74 Å². The third-order valence-electron chi connectivity index (χ3n) is 3.59. The van der Waals surface area contributed by atoms with Crippen LogP contribution in [-0.4, -0.2) is 54.1 Å². The maximum Gasteiger partial charge on any atom is 0.410 e. The second-order valence-corrected chi connectivity index (χ2v) is 7.06. The number of amides is 2. The molecular formula is C19H28N2O5. The molecule has 0 aliphatic rings. The van der Waals surface area contributed by atoms with E-state index in [2.05, 4.69) is 4.74 Å². The fourth-order valence-corrected chi connectivity index (χ4v) is 2.23. The molecule has 0 spiro atoms. The number of ether oxygens (including phenoxy) is 2. The van der Waals surface area contributed by atoms with Gasteiger partial charge in [0.1, 0.15) is 12.1 Å². The average molecular weight is 364 g/mol. The number of benzene rings is 1. The topological polar surface area (TPSA) is 76.2 Å². The molecule has 1 rings (SSSR count). The Labute approximate surface area is 154 Å². The molecule has 26 heavy (non-hydrogen) atoms. The van der Waals surface area contributed by atoms with Gasteiger partial charge in [-0.25, -0.2) is 4.79 Å². The number of hydrogen-bond donors (Lipinski definition) is 0. The van der Waals surface area contributed by atoms with Gasteiger partial charge in [0.25, 0.3) is 0 Å². The monoisotopic (exact) mass is 364 g/mol. The van der Waals surface area contributed by atoms with Crippen molar-refractivity contribution in [2.24, 2.45) is 0 Å². The molecule has 0 atom stereocenters. The lowest BCUT2D eigenvalue weighted by Crippen LogP contribution is -2.35. The van der Waals surface area contributed by atoms with Crippen LogP contribution in [0.5, 0.6) is 0 Å². The standard InChI is InChI=1S/C19H28N2O5/c1-14(22)21(13-17(23)25-6)12-16-10-8-7-9-15(16)11-20(5)18(24)26-19(2,3)4/h7-10H,11-13H2,1-6H3. The molecule has 2 amide bonds. The summed E-state index contributed by atoms with van der Waals surface area (Å²) in [5.41, 5.74) is 1.15. The number of methoxy groups -OCH3 is 1. The van der Waals surface area contributed by atoms with Crippen molar-refractivity contribution >= 4 is 18.0 Å². The lowest BCUT2D eigenvalue weighted by Gasteiger charge is -2.26. The summed E-state index contributed by atoms with van der Waals surface area (Å²) in [5.74, 6) is -0.714. The van der Waals surface area contributed by atoms with Gasteiger partial charge in [0, 0.05) is 27.1 Å².